The van der Waals surface area contributed by atoms with E-state index in [1.807, 2.05) is 0 Å². The lowest BCUT2D eigenvalue weighted by molar-refractivity contribution is 0.597. The quantitative estimate of drug-likeness (QED) is 0.481. The summed E-state index contributed by atoms with van der Waals surface area (Å²) in [6.45, 7) is -4.42. The Kier molecular flexibility index (Phi) is 2.76. The molecule has 4 aromatic rings. The van der Waals surface area contributed by atoms with Crippen molar-refractivity contribution < 1.29 is 23.5 Å². The molecule has 0 aliphatic heterocycles. The first-order valence-electron chi connectivity index (χ1n) is 14.2. The van der Waals surface area contributed by atoms with Crippen LogP contribution in [0, 0.1) is 13.8 Å². The van der Waals surface area contributed by atoms with E-state index in [4.69, 9.17) is 20.2 Å². The zero-order chi connectivity index (χ0) is 31.7. The maximum Gasteiger partial charge on any atom is 0.238 e. The molecule has 4 rings (SSSR count). The highest BCUT2D eigenvalue weighted by atomic mass is 32.2. The van der Waals surface area contributed by atoms with Gasteiger partial charge in [0.05, 0.1) is 17.3 Å². The van der Waals surface area contributed by atoms with Crippen molar-refractivity contribution in [3.63, 3.8) is 0 Å². The molecule has 2 aromatic carbocycles. The predicted octanol–water partition coefficient (Wildman–Crippen LogP) is 3.14. The summed E-state index contributed by atoms with van der Waals surface area (Å²) in [6.07, 6.45) is -0.588. The van der Waals surface area contributed by atoms with E-state index < -0.39 is 76.4 Å². The van der Waals surface area contributed by atoms with Crippen molar-refractivity contribution in [1.29, 1.82) is 0 Å². The summed E-state index contributed by atoms with van der Waals surface area (Å²) in [5, 5.41) is 11.8. The highest BCUT2D eigenvalue weighted by molar-refractivity contribution is 7.89. The molecule has 0 saturated heterocycles. The third-order valence-electron chi connectivity index (χ3n) is 4.38. The van der Waals surface area contributed by atoms with Crippen molar-refractivity contribution in [2.24, 2.45) is 12.1 Å². The molecule has 0 aliphatic carbocycles. The van der Waals surface area contributed by atoms with Gasteiger partial charge in [0.2, 0.25) is 16.0 Å². The largest absolute Gasteiger partial charge is 0.329 e. The first kappa shape index (κ1) is 11.2. The lowest BCUT2D eigenvalue weighted by Gasteiger charge is -2.19. The summed E-state index contributed by atoms with van der Waals surface area (Å²) in [5.74, 6) is -0.577. The van der Waals surface area contributed by atoms with Crippen LogP contribution in [0.15, 0.2) is 53.4 Å². The van der Waals surface area contributed by atoms with Gasteiger partial charge in [-0.15, -0.1) is 0 Å². The molecule has 160 valence electrons. The summed E-state index contributed by atoms with van der Waals surface area (Å²) in [7, 11) is -3.00. The number of sulfonamides is 1. The average Bonchev–Trinajstić information content (AvgIpc) is 3.26. The monoisotopic (exact) mass is 448 g/mol. The highest BCUT2D eigenvalue weighted by Gasteiger charge is 2.14. The molecule has 0 atom stereocenters. The van der Waals surface area contributed by atoms with Crippen LogP contribution in [0.4, 0.5) is 23.1 Å². The van der Waals surface area contributed by atoms with Crippen molar-refractivity contribution in [3.05, 3.63) is 59.8 Å². The molecular formula is C21H23N7O2S. The number of hydrogen-bond acceptors (Lipinski definition) is 7. The number of fused-ring (bicyclic) bond motifs is 1. The molecule has 0 radical (unpaired) electrons. The molecule has 10 heteroatoms. The zero-order valence-corrected chi connectivity index (χ0v) is 17.1. The Hall–Kier alpha value is -3.50. The number of anilines is 4. The van der Waals surface area contributed by atoms with E-state index >= 15 is 0 Å². The van der Waals surface area contributed by atoms with E-state index in [1.165, 1.54) is 37.1 Å². The van der Waals surface area contributed by atoms with Crippen LogP contribution in [0.1, 0.15) is 26.3 Å². The SMILES string of the molecule is [2H]c1nc(Nc2c([2H])c([2H])c(C)c(S(N)(=O)=O)c2[2H])nc(N(C)c2ccc3c(C([2H])([2H])[2H])n(C([2H])([2H])[2H])nc3c2)c1[2H]. The van der Waals surface area contributed by atoms with Crippen molar-refractivity contribution in [1.82, 2.24) is 19.7 Å². The van der Waals surface area contributed by atoms with Crippen LogP contribution in [0.2, 0.25) is 0 Å². The van der Waals surface area contributed by atoms with Crippen molar-refractivity contribution in [2.45, 2.75) is 18.7 Å². The van der Waals surface area contributed by atoms with Gasteiger partial charge in [-0.3, -0.25) is 4.68 Å². The Morgan fingerprint density at radius 2 is 2.13 bits per heavy atom. The second kappa shape index (κ2) is 7.64. The van der Waals surface area contributed by atoms with Crippen LogP contribution < -0.4 is 15.4 Å². The number of rotatable bonds is 5. The summed E-state index contributed by atoms with van der Waals surface area (Å²) < 4.78 is 112. The molecule has 0 saturated carbocycles. The predicted molar refractivity (Wildman–Crippen MR) is 121 cm³/mol. The Balaban J connectivity index is 1.83. The van der Waals surface area contributed by atoms with Crippen molar-refractivity contribution >= 4 is 44.1 Å². The first-order chi connectivity index (χ1) is 19.1. The fourth-order valence-corrected chi connectivity index (χ4v) is 3.54. The molecule has 0 aliphatic rings. The van der Waals surface area contributed by atoms with Crippen LogP contribution in [-0.2, 0) is 17.0 Å². The van der Waals surface area contributed by atoms with Gasteiger partial charge in [0, 0.05) is 50.9 Å². The smallest absolute Gasteiger partial charge is 0.238 e. The normalized spacial score (nSPS) is 17.6. The van der Waals surface area contributed by atoms with Crippen LogP contribution in [-0.4, -0.2) is 35.2 Å². The first-order valence-corrected chi connectivity index (χ1v) is 10.2. The van der Waals surface area contributed by atoms with Gasteiger partial charge >= 0.3 is 0 Å². The van der Waals surface area contributed by atoms with Crippen LogP contribution in [0.5, 0.6) is 0 Å². The Morgan fingerprint density at radius 1 is 1.29 bits per heavy atom. The molecule has 0 bridgehead atoms. The van der Waals surface area contributed by atoms with Gasteiger partial charge in [-0.2, -0.15) is 10.1 Å². The molecule has 2 aromatic heterocycles. The molecule has 0 amide bonds. The van der Waals surface area contributed by atoms with Gasteiger partial charge in [0.15, 0.2) is 0 Å². The fraction of sp³-hybridized carbons (Fsp3) is 0.190. The summed E-state index contributed by atoms with van der Waals surface area (Å²) in [6, 6.07) is 1.95. The molecule has 31 heavy (non-hydrogen) atoms. The minimum absolute atomic E-state index is 0.0301. The molecule has 3 N–H and O–H groups in total. The summed E-state index contributed by atoms with van der Waals surface area (Å²) >= 11 is 0. The third kappa shape index (κ3) is 4.07. The number of aryl methyl sites for hydroxylation is 2. The van der Waals surface area contributed by atoms with Gasteiger partial charge in [-0.1, -0.05) is 6.04 Å². The summed E-state index contributed by atoms with van der Waals surface area (Å²) in [4.78, 5) is 8.67. The number of primary sulfonamides is 1. The number of nitrogens with zero attached hydrogens (tertiary/aromatic N) is 5. The summed E-state index contributed by atoms with van der Waals surface area (Å²) in [5.41, 5.74) is -0.829. The van der Waals surface area contributed by atoms with E-state index in [9.17, 15) is 8.42 Å². The number of hydrogen-bond donors (Lipinski definition) is 2. The number of nitrogens with one attached hydrogen (secondary N) is 1. The second-order valence-corrected chi connectivity index (χ2v) is 8.00. The molecule has 2 heterocycles. The van der Waals surface area contributed by atoms with E-state index in [2.05, 4.69) is 20.4 Å². The Morgan fingerprint density at radius 3 is 2.87 bits per heavy atom. The van der Waals surface area contributed by atoms with Crippen molar-refractivity contribution in [2.75, 3.05) is 17.3 Å². The van der Waals surface area contributed by atoms with Crippen LogP contribution >= 0.6 is 0 Å². The van der Waals surface area contributed by atoms with Gasteiger partial charge < -0.3 is 10.2 Å². The molecule has 0 spiro atoms. The Labute approximate surface area is 196 Å². The lowest BCUT2D eigenvalue weighted by Crippen LogP contribution is -2.14. The van der Waals surface area contributed by atoms with Gasteiger partial charge in [-0.25, -0.2) is 18.5 Å². The van der Waals surface area contributed by atoms with Crippen molar-refractivity contribution in [3.8, 4) is 0 Å². The van der Waals surface area contributed by atoms with E-state index in [0.29, 0.717) is 4.68 Å². The number of nitrogens with two attached hydrogens (primary N) is 1. The van der Waals surface area contributed by atoms with E-state index in [1.54, 1.807) is 0 Å². The van der Waals surface area contributed by atoms with E-state index in [-0.39, 0.29) is 28.0 Å². The fourth-order valence-electron chi connectivity index (χ4n) is 2.82. The minimum Gasteiger partial charge on any atom is -0.329 e. The van der Waals surface area contributed by atoms with Gasteiger partial charge in [0.25, 0.3) is 0 Å². The van der Waals surface area contributed by atoms with Crippen LogP contribution in [0.3, 0.4) is 0 Å². The third-order valence-corrected chi connectivity index (χ3v) is 5.36. The van der Waals surface area contributed by atoms with E-state index in [0.717, 1.165) is 0 Å². The Bertz CT molecular complexity index is 1850. The maximum atomic E-state index is 12.1. The highest BCUT2D eigenvalue weighted by Crippen LogP contribution is 2.28. The van der Waals surface area contributed by atoms with Crippen LogP contribution in [0.25, 0.3) is 10.9 Å². The van der Waals surface area contributed by atoms with Gasteiger partial charge in [-0.05, 0) is 55.7 Å². The maximum absolute atomic E-state index is 12.1. The standard InChI is InChI=1S/C21H23N7O2S/c1-13-5-6-15(11-19(13)31(22,29)30)24-21-23-10-9-20(25-21)27(3)16-7-8-17-14(2)28(4)26-18(17)12-16/h5-12H,1-4H3,(H2,22,29,30)(H,23,24,25)/i2D3,4D3,5D,6D,9D,10D,11D. The average molecular weight is 449 g/mol. The van der Waals surface area contributed by atoms with Gasteiger partial charge in [0.1, 0.15) is 5.82 Å². The topological polar surface area (TPSA) is 119 Å². The molecule has 0 unspecified atom stereocenters. The molecular weight excluding hydrogens is 414 g/mol. The zero-order valence-electron chi connectivity index (χ0n) is 27.3. The number of benzene rings is 2. The number of aromatic nitrogens is 4. The molecule has 9 nitrogen and oxygen atoms in total. The minimum atomic E-state index is -4.45. The second-order valence-electron chi connectivity index (χ2n) is 6.50. The molecule has 0 fully saturated rings. The lowest BCUT2D eigenvalue weighted by atomic mass is 10.2.